The SMILES string of the molecule is CC(C)OCC(C)(C)C1(N)CC1. The van der Waals surface area contributed by atoms with Crippen molar-refractivity contribution < 1.29 is 4.74 Å². The predicted molar refractivity (Wildman–Crippen MR) is 51.0 cm³/mol. The average molecular weight is 171 g/mol. The first-order valence-corrected chi connectivity index (χ1v) is 4.78. The van der Waals surface area contributed by atoms with E-state index >= 15 is 0 Å². The Labute approximate surface area is 75.5 Å². The second kappa shape index (κ2) is 3.00. The van der Waals surface area contributed by atoms with Gasteiger partial charge in [0.2, 0.25) is 0 Å². The van der Waals surface area contributed by atoms with Crippen molar-refractivity contribution in [2.75, 3.05) is 6.61 Å². The minimum Gasteiger partial charge on any atom is -0.378 e. The molecule has 0 saturated heterocycles. The van der Waals surface area contributed by atoms with Crippen molar-refractivity contribution in [3.63, 3.8) is 0 Å². The molecule has 0 aliphatic heterocycles. The van der Waals surface area contributed by atoms with Gasteiger partial charge in [-0.2, -0.15) is 0 Å². The van der Waals surface area contributed by atoms with E-state index in [-0.39, 0.29) is 11.0 Å². The lowest BCUT2D eigenvalue weighted by Gasteiger charge is -2.32. The molecule has 0 unspecified atom stereocenters. The fraction of sp³-hybridized carbons (Fsp3) is 1.00. The van der Waals surface area contributed by atoms with Crippen LogP contribution in [0.15, 0.2) is 0 Å². The quantitative estimate of drug-likeness (QED) is 0.701. The third-order valence-corrected chi connectivity index (χ3v) is 2.91. The molecule has 72 valence electrons. The van der Waals surface area contributed by atoms with Crippen LogP contribution in [0.5, 0.6) is 0 Å². The van der Waals surface area contributed by atoms with Crippen LogP contribution < -0.4 is 5.73 Å². The highest BCUT2D eigenvalue weighted by Crippen LogP contribution is 2.47. The second-order valence-corrected chi connectivity index (χ2v) is 4.90. The molecule has 0 bridgehead atoms. The van der Waals surface area contributed by atoms with Crippen molar-refractivity contribution in [3.05, 3.63) is 0 Å². The Morgan fingerprint density at radius 1 is 1.42 bits per heavy atom. The highest BCUT2D eigenvalue weighted by atomic mass is 16.5. The second-order valence-electron chi connectivity index (χ2n) is 4.90. The minimum atomic E-state index is 0.0574. The normalized spacial score (nSPS) is 21.5. The van der Waals surface area contributed by atoms with Gasteiger partial charge >= 0.3 is 0 Å². The molecule has 1 aliphatic rings. The van der Waals surface area contributed by atoms with E-state index in [1.54, 1.807) is 0 Å². The largest absolute Gasteiger partial charge is 0.378 e. The Morgan fingerprint density at radius 3 is 2.25 bits per heavy atom. The van der Waals surface area contributed by atoms with Gasteiger partial charge in [-0.05, 0) is 26.7 Å². The maximum atomic E-state index is 6.13. The van der Waals surface area contributed by atoms with Crippen molar-refractivity contribution in [1.29, 1.82) is 0 Å². The van der Waals surface area contributed by atoms with Crippen LogP contribution in [-0.4, -0.2) is 18.2 Å². The summed E-state index contributed by atoms with van der Waals surface area (Å²) >= 11 is 0. The van der Waals surface area contributed by atoms with Crippen molar-refractivity contribution in [2.24, 2.45) is 11.1 Å². The van der Waals surface area contributed by atoms with E-state index in [1.165, 1.54) is 0 Å². The van der Waals surface area contributed by atoms with Gasteiger partial charge in [-0.3, -0.25) is 0 Å². The zero-order valence-electron chi connectivity index (χ0n) is 8.68. The third-order valence-electron chi connectivity index (χ3n) is 2.91. The fourth-order valence-electron chi connectivity index (χ4n) is 1.33. The third kappa shape index (κ3) is 1.99. The Balaban J connectivity index is 2.38. The summed E-state index contributed by atoms with van der Waals surface area (Å²) in [5.74, 6) is 0. The van der Waals surface area contributed by atoms with Crippen molar-refractivity contribution >= 4 is 0 Å². The standard InChI is InChI=1S/C10H21NO/c1-8(2)12-7-9(3,4)10(11)5-6-10/h8H,5-7,11H2,1-4H3. The summed E-state index contributed by atoms with van der Waals surface area (Å²) in [4.78, 5) is 0. The zero-order valence-corrected chi connectivity index (χ0v) is 8.68. The van der Waals surface area contributed by atoms with Gasteiger partial charge in [0, 0.05) is 11.0 Å². The molecule has 2 N–H and O–H groups in total. The first-order valence-electron chi connectivity index (χ1n) is 4.78. The van der Waals surface area contributed by atoms with Gasteiger partial charge < -0.3 is 10.5 Å². The van der Waals surface area contributed by atoms with Crippen LogP contribution >= 0.6 is 0 Å². The van der Waals surface area contributed by atoms with Gasteiger partial charge in [0.15, 0.2) is 0 Å². The number of hydrogen-bond acceptors (Lipinski definition) is 2. The van der Waals surface area contributed by atoms with Crippen LogP contribution in [0.25, 0.3) is 0 Å². The van der Waals surface area contributed by atoms with Gasteiger partial charge in [0.25, 0.3) is 0 Å². The monoisotopic (exact) mass is 171 g/mol. The van der Waals surface area contributed by atoms with E-state index in [0.717, 1.165) is 19.4 Å². The molecule has 0 atom stereocenters. The molecule has 0 radical (unpaired) electrons. The highest BCUT2D eigenvalue weighted by Gasteiger charge is 2.51. The van der Waals surface area contributed by atoms with E-state index in [0.29, 0.717) is 6.10 Å². The molecule has 1 saturated carbocycles. The average Bonchev–Trinajstić information content (AvgIpc) is 2.65. The molecule has 0 aromatic heterocycles. The zero-order chi connectivity index (χ0) is 9.41. The van der Waals surface area contributed by atoms with Crippen molar-refractivity contribution in [3.8, 4) is 0 Å². The minimum absolute atomic E-state index is 0.0574. The van der Waals surface area contributed by atoms with Crippen LogP contribution in [0.3, 0.4) is 0 Å². The summed E-state index contributed by atoms with van der Waals surface area (Å²) in [5.41, 5.74) is 6.32. The molecule has 0 spiro atoms. The van der Waals surface area contributed by atoms with Crippen molar-refractivity contribution in [2.45, 2.75) is 52.2 Å². The van der Waals surface area contributed by atoms with Crippen LogP contribution in [0.4, 0.5) is 0 Å². The summed E-state index contributed by atoms with van der Waals surface area (Å²) in [5, 5.41) is 0. The maximum Gasteiger partial charge on any atom is 0.0538 e. The number of hydrogen-bond donors (Lipinski definition) is 1. The van der Waals surface area contributed by atoms with Crippen LogP contribution in [0.1, 0.15) is 40.5 Å². The Hall–Kier alpha value is -0.0800. The molecule has 0 aromatic carbocycles. The molecule has 12 heavy (non-hydrogen) atoms. The topological polar surface area (TPSA) is 35.2 Å². The van der Waals surface area contributed by atoms with E-state index in [2.05, 4.69) is 27.7 Å². The van der Waals surface area contributed by atoms with Gasteiger partial charge in [-0.25, -0.2) is 0 Å². The molecular formula is C10H21NO. The van der Waals surface area contributed by atoms with E-state index < -0.39 is 0 Å². The first kappa shape index (κ1) is 10.0. The van der Waals surface area contributed by atoms with Crippen LogP contribution in [0, 0.1) is 5.41 Å². The summed E-state index contributed by atoms with van der Waals surface area (Å²) in [6, 6.07) is 0. The van der Waals surface area contributed by atoms with Gasteiger partial charge in [-0.1, -0.05) is 13.8 Å². The molecule has 1 rings (SSSR count). The molecule has 0 amide bonds. The smallest absolute Gasteiger partial charge is 0.0538 e. The molecule has 1 fully saturated rings. The Morgan fingerprint density at radius 2 is 1.92 bits per heavy atom. The Bertz CT molecular complexity index is 159. The fourth-order valence-corrected chi connectivity index (χ4v) is 1.33. The molecule has 0 heterocycles. The van der Waals surface area contributed by atoms with Crippen LogP contribution in [0.2, 0.25) is 0 Å². The van der Waals surface area contributed by atoms with Crippen molar-refractivity contribution in [1.82, 2.24) is 0 Å². The summed E-state index contributed by atoms with van der Waals surface area (Å²) < 4.78 is 5.59. The lowest BCUT2D eigenvalue weighted by atomic mass is 9.83. The number of nitrogens with two attached hydrogens (primary N) is 1. The molecule has 1 aliphatic carbocycles. The lowest BCUT2D eigenvalue weighted by molar-refractivity contribution is 0.00678. The molecule has 2 heteroatoms. The van der Waals surface area contributed by atoms with Gasteiger partial charge in [-0.15, -0.1) is 0 Å². The molecule has 2 nitrogen and oxygen atoms in total. The van der Waals surface area contributed by atoms with E-state index in [4.69, 9.17) is 10.5 Å². The van der Waals surface area contributed by atoms with E-state index in [1.807, 2.05) is 0 Å². The molecular weight excluding hydrogens is 150 g/mol. The maximum absolute atomic E-state index is 6.13. The highest BCUT2D eigenvalue weighted by molar-refractivity contribution is 5.08. The number of rotatable bonds is 4. The summed E-state index contributed by atoms with van der Waals surface area (Å²) in [7, 11) is 0. The van der Waals surface area contributed by atoms with Gasteiger partial charge in [0.1, 0.15) is 0 Å². The Kier molecular flexibility index (Phi) is 2.50. The van der Waals surface area contributed by atoms with Gasteiger partial charge in [0.05, 0.1) is 12.7 Å². The predicted octanol–water partition coefficient (Wildman–Crippen LogP) is 1.93. The first-order chi connectivity index (χ1) is 5.37. The lowest BCUT2D eigenvalue weighted by Crippen LogP contribution is -2.43. The van der Waals surface area contributed by atoms with E-state index in [9.17, 15) is 0 Å². The van der Waals surface area contributed by atoms with Crippen LogP contribution in [-0.2, 0) is 4.74 Å². The number of ether oxygens (including phenoxy) is 1. The molecule has 0 aromatic rings. The summed E-state index contributed by atoms with van der Waals surface area (Å²) in [6.07, 6.45) is 2.62. The summed E-state index contributed by atoms with van der Waals surface area (Å²) in [6.45, 7) is 9.30.